The van der Waals surface area contributed by atoms with Gasteiger partial charge in [0.05, 0.1) is 11.7 Å². The van der Waals surface area contributed by atoms with Crippen LogP contribution in [0.4, 0.5) is 4.39 Å². The topological polar surface area (TPSA) is 29.6 Å². The molecule has 0 bridgehead atoms. The van der Waals surface area contributed by atoms with Crippen LogP contribution in [0.5, 0.6) is 0 Å². The van der Waals surface area contributed by atoms with Crippen molar-refractivity contribution in [1.29, 1.82) is 0 Å². The smallest absolute Gasteiger partial charge is 0.123 e. The molecule has 2 atom stereocenters. The lowest BCUT2D eigenvalue weighted by Gasteiger charge is -2.23. The van der Waals surface area contributed by atoms with E-state index in [-0.39, 0.29) is 11.9 Å². The van der Waals surface area contributed by atoms with E-state index in [1.165, 1.54) is 29.5 Å². The number of aliphatic hydroxyl groups excluding tert-OH is 1. The molecule has 1 unspecified atom stereocenters. The number of benzene rings is 1. The molecule has 4 heteroatoms. The first kappa shape index (κ1) is 17.2. The Bertz CT molecular complexity index is 651. The van der Waals surface area contributed by atoms with Crippen molar-refractivity contribution in [1.82, 2.24) is 4.57 Å². The number of hydrogen-bond acceptors (Lipinski definition) is 1. The van der Waals surface area contributed by atoms with Crippen LogP contribution < -0.4 is 4.90 Å². The highest BCUT2D eigenvalue weighted by Gasteiger charge is 2.34. The molecule has 1 aromatic carbocycles. The molecular formula is C20H28FN2O+. The highest BCUT2D eigenvalue weighted by Crippen LogP contribution is 2.17. The zero-order chi connectivity index (χ0) is 16.9. The molecule has 130 valence electrons. The van der Waals surface area contributed by atoms with Gasteiger partial charge in [-0.1, -0.05) is 25.5 Å². The van der Waals surface area contributed by atoms with E-state index in [0.717, 1.165) is 31.5 Å². The van der Waals surface area contributed by atoms with Gasteiger partial charge in [-0.05, 0) is 36.2 Å². The molecule has 3 nitrogen and oxygen atoms in total. The Morgan fingerprint density at radius 1 is 1.29 bits per heavy atom. The number of halogens is 1. The van der Waals surface area contributed by atoms with Gasteiger partial charge in [-0.25, -0.2) is 4.39 Å². The third-order valence-electron chi connectivity index (χ3n) is 4.85. The molecule has 24 heavy (non-hydrogen) atoms. The molecule has 2 N–H and O–H groups in total. The number of hydrogen-bond donors (Lipinski definition) is 2. The van der Waals surface area contributed by atoms with Crippen LogP contribution in [0.25, 0.3) is 0 Å². The highest BCUT2D eigenvalue weighted by atomic mass is 19.1. The SMILES string of the molecule is CCC[C@@H](O)C[NH+](Cc1cccn1Cc1cccc(F)c1)C1CC1. The van der Waals surface area contributed by atoms with Gasteiger partial charge >= 0.3 is 0 Å². The fourth-order valence-corrected chi connectivity index (χ4v) is 3.44. The van der Waals surface area contributed by atoms with Gasteiger partial charge in [0.15, 0.2) is 0 Å². The van der Waals surface area contributed by atoms with Gasteiger partial charge in [0.1, 0.15) is 25.0 Å². The summed E-state index contributed by atoms with van der Waals surface area (Å²) in [4.78, 5) is 1.48. The summed E-state index contributed by atoms with van der Waals surface area (Å²) in [5, 5.41) is 10.2. The summed E-state index contributed by atoms with van der Waals surface area (Å²) < 4.78 is 15.6. The number of nitrogens with zero attached hydrogens (tertiary/aromatic N) is 1. The van der Waals surface area contributed by atoms with Gasteiger partial charge in [0, 0.05) is 25.6 Å². The number of nitrogens with one attached hydrogen (secondary N) is 1. The quantitative estimate of drug-likeness (QED) is 0.726. The van der Waals surface area contributed by atoms with Crippen LogP contribution in [-0.4, -0.2) is 28.4 Å². The maximum absolute atomic E-state index is 13.4. The average molecular weight is 331 g/mol. The predicted molar refractivity (Wildman–Crippen MR) is 93.4 cm³/mol. The molecule has 1 aromatic heterocycles. The molecule has 0 aliphatic heterocycles. The van der Waals surface area contributed by atoms with Crippen molar-refractivity contribution in [3.8, 4) is 0 Å². The van der Waals surface area contributed by atoms with E-state index in [1.54, 1.807) is 12.1 Å². The van der Waals surface area contributed by atoms with Gasteiger partial charge in [-0.2, -0.15) is 0 Å². The van der Waals surface area contributed by atoms with Crippen LogP contribution in [0, 0.1) is 5.82 Å². The van der Waals surface area contributed by atoms with Crippen molar-refractivity contribution in [2.75, 3.05) is 6.54 Å². The normalized spacial score (nSPS) is 17.0. The lowest BCUT2D eigenvalue weighted by atomic mass is 10.2. The minimum absolute atomic E-state index is 0.186. The summed E-state index contributed by atoms with van der Waals surface area (Å²) in [6, 6.07) is 11.7. The van der Waals surface area contributed by atoms with Crippen molar-refractivity contribution >= 4 is 0 Å². The Labute approximate surface area is 143 Å². The Kier molecular flexibility index (Phi) is 5.69. The molecular weight excluding hydrogens is 303 g/mol. The van der Waals surface area contributed by atoms with E-state index in [0.29, 0.717) is 12.6 Å². The molecule has 0 amide bonds. The summed E-state index contributed by atoms with van der Waals surface area (Å²) in [6.07, 6.45) is 6.28. The van der Waals surface area contributed by atoms with Gasteiger partial charge in [-0.3, -0.25) is 0 Å². The second-order valence-electron chi connectivity index (χ2n) is 7.01. The lowest BCUT2D eigenvalue weighted by molar-refractivity contribution is -0.928. The van der Waals surface area contributed by atoms with Crippen LogP contribution in [0.2, 0.25) is 0 Å². The molecule has 1 heterocycles. The first-order valence-electron chi connectivity index (χ1n) is 9.06. The second-order valence-corrected chi connectivity index (χ2v) is 7.01. The van der Waals surface area contributed by atoms with Crippen LogP contribution in [-0.2, 0) is 13.1 Å². The van der Waals surface area contributed by atoms with E-state index >= 15 is 0 Å². The summed E-state index contributed by atoms with van der Waals surface area (Å²) >= 11 is 0. The van der Waals surface area contributed by atoms with Crippen LogP contribution in [0.1, 0.15) is 43.9 Å². The van der Waals surface area contributed by atoms with Gasteiger partial charge in [0.25, 0.3) is 0 Å². The number of quaternary nitrogens is 1. The standard InChI is InChI=1S/C20H27FN2O/c1-2-5-20(24)15-23(18-9-10-18)14-19-8-4-11-22(19)13-16-6-3-7-17(21)12-16/h3-4,6-8,11-12,18,20,24H,2,5,9-10,13-15H2,1H3/p+1/t20-/m1/s1. The fourth-order valence-electron chi connectivity index (χ4n) is 3.44. The molecule has 1 fully saturated rings. The van der Waals surface area contributed by atoms with Crippen LogP contribution in [0.15, 0.2) is 42.6 Å². The number of rotatable bonds is 9. The summed E-state index contributed by atoms with van der Waals surface area (Å²) in [6.45, 7) is 4.55. The van der Waals surface area contributed by atoms with Gasteiger partial charge in [-0.15, -0.1) is 0 Å². The molecule has 0 saturated heterocycles. The van der Waals surface area contributed by atoms with Crippen molar-refractivity contribution in [3.63, 3.8) is 0 Å². The Balaban J connectivity index is 1.67. The van der Waals surface area contributed by atoms with E-state index in [9.17, 15) is 9.50 Å². The molecule has 1 aliphatic rings. The monoisotopic (exact) mass is 331 g/mol. The Morgan fingerprint density at radius 3 is 2.83 bits per heavy atom. The number of aromatic nitrogens is 1. The minimum atomic E-state index is -0.211. The molecule has 1 saturated carbocycles. The third-order valence-corrected chi connectivity index (χ3v) is 4.85. The molecule has 0 spiro atoms. The van der Waals surface area contributed by atoms with E-state index in [2.05, 4.69) is 29.8 Å². The summed E-state index contributed by atoms with van der Waals surface area (Å²) in [5.74, 6) is -0.186. The summed E-state index contributed by atoms with van der Waals surface area (Å²) in [7, 11) is 0. The maximum Gasteiger partial charge on any atom is 0.123 e. The molecule has 1 aliphatic carbocycles. The van der Waals surface area contributed by atoms with Gasteiger partial charge in [0.2, 0.25) is 0 Å². The fraction of sp³-hybridized carbons (Fsp3) is 0.500. The summed E-state index contributed by atoms with van der Waals surface area (Å²) in [5.41, 5.74) is 2.23. The third kappa shape index (κ3) is 4.68. The van der Waals surface area contributed by atoms with E-state index in [1.807, 2.05) is 6.07 Å². The highest BCUT2D eigenvalue weighted by molar-refractivity contribution is 5.18. The van der Waals surface area contributed by atoms with Crippen LogP contribution >= 0.6 is 0 Å². The van der Waals surface area contributed by atoms with Crippen molar-refractivity contribution in [2.24, 2.45) is 0 Å². The molecule has 3 rings (SSSR count). The zero-order valence-corrected chi connectivity index (χ0v) is 14.4. The number of aliphatic hydroxyl groups is 1. The average Bonchev–Trinajstić information content (AvgIpc) is 3.30. The van der Waals surface area contributed by atoms with E-state index < -0.39 is 0 Å². The Morgan fingerprint density at radius 2 is 2.12 bits per heavy atom. The zero-order valence-electron chi connectivity index (χ0n) is 14.4. The second kappa shape index (κ2) is 7.95. The predicted octanol–water partition coefficient (Wildman–Crippen LogP) is 2.38. The first-order chi connectivity index (χ1) is 11.7. The van der Waals surface area contributed by atoms with Crippen molar-refractivity contribution in [2.45, 2.75) is 57.8 Å². The van der Waals surface area contributed by atoms with Crippen molar-refractivity contribution in [3.05, 3.63) is 59.7 Å². The molecule has 2 aromatic rings. The van der Waals surface area contributed by atoms with E-state index in [4.69, 9.17) is 0 Å². The van der Waals surface area contributed by atoms with Crippen molar-refractivity contribution < 1.29 is 14.4 Å². The van der Waals surface area contributed by atoms with Crippen LogP contribution in [0.3, 0.4) is 0 Å². The minimum Gasteiger partial charge on any atom is -0.387 e. The lowest BCUT2D eigenvalue weighted by Crippen LogP contribution is -3.13. The van der Waals surface area contributed by atoms with Gasteiger partial charge < -0.3 is 14.6 Å². The Hall–Kier alpha value is -1.65. The maximum atomic E-state index is 13.4. The molecule has 0 radical (unpaired) electrons. The largest absolute Gasteiger partial charge is 0.387 e. The first-order valence-corrected chi connectivity index (χ1v) is 9.06.